The number of benzene rings is 2. The van der Waals surface area contributed by atoms with Crippen molar-refractivity contribution in [1.29, 1.82) is 0 Å². The van der Waals surface area contributed by atoms with Crippen LogP contribution < -0.4 is 27.4 Å². The molecule has 3 unspecified atom stereocenters. The first-order valence-electron chi connectivity index (χ1n) is 12.9. The predicted molar refractivity (Wildman–Crippen MR) is 150 cm³/mol. The lowest BCUT2D eigenvalue weighted by Gasteiger charge is -2.21. The molecule has 4 aromatic rings. The number of aromatic nitrogens is 2. The van der Waals surface area contributed by atoms with Gasteiger partial charge in [0.25, 0.3) is 0 Å². The maximum atomic E-state index is 13.1. The lowest BCUT2D eigenvalue weighted by atomic mass is 10.0. The first kappa shape index (κ1) is 28.8. The molecule has 214 valence electrons. The molecule has 0 fully saturated rings. The predicted octanol–water partition coefficient (Wildman–Crippen LogP) is -0.192. The largest absolute Gasteiger partial charge is 0.480 e. The van der Waals surface area contributed by atoms with E-state index in [0.717, 1.165) is 27.4 Å². The quantitative estimate of drug-likeness (QED) is 0.110. The van der Waals surface area contributed by atoms with E-state index in [1.807, 2.05) is 48.5 Å². The third-order valence-corrected chi connectivity index (χ3v) is 6.65. The van der Waals surface area contributed by atoms with Crippen LogP contribution in [-0.2, 0) is 36.8 Å². The highest BCUT2D eigenvalue weighted by Gasteiger charge is 2.27. The Labute approximate surface area is 234 Å². The van der Waals surface area contributed by atoms with E-state index in [2.05, 4.69) is 25.9 Å². The second-order valence-electron chi connectivity index (χ2n) is 9.64. The molecule has 0 radical (unpaired) electrons. The zero-order valence-electron chi connectivity index (χ0n) is 22.0. The average Bonchev–Trinajstić information content (AvgIpc) is 3.54. The number of carboxylic acid groups (broad SMARTS) is 1. The number of nitrogens with two attached hydrogens (primary N) is 2. The molecular weight excluding hydrogens is 530 g/mol. The van der Waals surface area contributed by atoms with Crippen LogP contribution in [0.5, 0.6) is 0 Å². The molecule has 0 saturated heterocycles. The van der Waals surface area contributed by atoms with Crippen molar-refractivity contribution in [3.8, 4) is 0 Å². The number of fused-ring (bicyclic) bond motifs is 2. The number of carbonyl (C=O) groups excluding carboxylic acids is 4. The standard InChI is InChI=1S/C28H31N7O6/c29-19(11-24(30)36)26(38)35-22(9-15-12-31-20-7-3-1-5-17(15)20)27(39)33-14-25(37)34-23(28(40)41)10-16-13-32-21-8-4-2-6-18(16)21/h1-8,12-13,19,22-23,31-32H,9-11,14,29H2,(H2,30,36)(H,33,39)(H,34,37)(H,35,38)(H,40,41). The number of nitrogens with one attached hydrogen (secondary N) is 5. The monoisotopic (exact) mass is 561 g/mol. The first-order chi connectivity index (χ1) is 19.6. The van der Waals surface area contributed by atoms with Crippen molar-refractivity contribution >= 4 is 51.4 Å². The van der Waals surface area contributed by atoms with Gasteiger partial charge >= 0.3 is 5.97 Å². The van der Waals surface area contributed by atoms with Crippen molar-refractivity contribution < 1.29 is 29.1 Å². The zero-order chi connectivity index (χ0) is 29.5. The van der Waals surface area contributed by atoms with Crippen LogP contribution in [-0.4, -0.2) is 69.3 Å². The number of rotatable bonds is 13. The van der Waals surface area contributed by atoms with Crippen molar-refractivity contribution in [3.63, 3.8) is 0 Å². The Balaban J connectivity index is 1.42. The summed E-state index contributed by atoms with van der Waals surface area (Å²) in [7, 11) is 0. The number of para-hydroxylation sites is 2. The molecule has 41 heavy (non-hydrogen) atoms. The van der Waals surface area contributed by atoms with Gasteiger partial charge in [-0.2, -0.15) is 0 Å². The molecule has 13 heteroatoms. The zero-order valence-corrected chi connectivity index (χ0v) is 22.0. The highest BCUT2D eigenvalue weighted by atomic mass is 16.4. The molecule has 0 spiro atoms. The van der Waals surface area contributed by atoms with Crippen molar-refractivity contribution in [3.05, 3.63) is 72.1 Å². The highest BCUT2D eigenvalue weighted by molar-refractivity contribution is 5.95. The third kappa shape index (κ3) is 7.28. The molecule has 4 rings (SSSR count). The molecular formula is C28H31N7O6. The van der Waals surface area contributed by atoms with E-state index >= 15 is 0 Å². The Kier molecular flexibility index (Phi) is 8.99. The van der Waals surface area contributed by atoms with Crippen LogP contribution in [0.25, 0.3) is 21.8 Å². The second kappa shape index (κ2) is 12.8. The van der Waals surface area contributed by atoms with Gasteiger partial charge in [-0.3, -0.25) is 19.2 Å². The summed E-state index contributed by atoms with van der Waals surface area (Å²) in [5, 5.41) is 18.8. The van der Waals surface area contributed by atoms with Crippen LogP contribution in [0.15, 0.2) is 60.9 Å². The van der Waals surface area contributed by atoms with Gasteiger partial charge in [0, 0.05) is 47.0 Å². The molecule has 0 aliphatic rings. The Morgan fingerprint density at radius 3 is 1.85 bits per heavy atom. The molecule has 13 nitrogen and oxygen atoms in total. The van der Waals surface area contributed by atoms with Crippen LogP contribution >= 0.6 is 0 Å². The molecule has 2 aromatic heterocycles. The topological polar surface area (TPSA) is 225 Å². The van der Waals surface area contributed by atoms with Gasteiger partial charge in [0.1, 0.15) is 12.1 Å². The maximum absolute atomic E-state index is 13.1. The van der Waals surface area contributed by atoms with Gasteiger partial charge in [0.2, 0.25) is 23.6 Å². The second-order valence-corrected chi connectivity index (χ2v) is 9.64. The molecule has 0 saturated carbocycles. The van der Waals surface area contributed by atoms with E-state index in [0.29, 0.717) is 5.56 Å². The van der Waals surface area contributed by atoms with Gasteiger partial charge in [-0.25, -0.2) is 4.79 Å². The minimum Gasteiger partial charge on any atom is -0.480 e. The fourth-order valence-corrected chi connectivity index (χ4v) is 4.57. The van der Waals surface area contributed by atoms with Crippen LogP contribution in [0.2, 0.25) is 0 Å². The summed E-state index contributed by atoms with van der Waals surface area (Å²) in [6.07, 6.45) is 3.05. The van der Waals surface area contributed by atoms with Gasteiger partial charge in [0.15, 0.2) is 0 Å². The van der Waals surface area contributed by atoms with Gasteiger partial charge in [-0.05, 0) is 23.3 Å². The number of hydrogen-bond donors (Lipinski definition) is 8. The Hall–Kier alpha value is -5.17. The summed E-state index contributed by atoms with van der Waals surface area (Å²) in [6.45, 7) is -0.538. The summed E-state index contributed by atoms with van der Waals surface area (Å²) in [4.78, 5) is 67.7. The average molecular weight is 562 g/mol. The summed E-state index contributed by atoms with van der Waals surface area (Å²) >= 11 is 0. The van der Waals surface area contributed by atoms with Crippen molar-refractivity contribution in [2.45, 2.75) is 37.4 Å². The van der Waals surface area contributed by atoms with E-state index < -0.39 is 60.7 Å². The summed E-state index contributed by atoms with van der Waals surface area (Å²) in [5.41, 5.74) is 14.0. The molecule has 0 aliphatic carbocycles. The highest BCUT2D eigenvalue weighted by Crippen LogP contribution is 2.20. The summed E-state index contributed by atoms with van der Waals surface area (Å²) in [5.74, 6) is -4.20. The number of carboxylic acids is 1. The van der Waals surface area contributed by atoms with E-state index in [1.54, 1.807) is 12.4 Å². The molecule has 3 atom stereocenters. The van der Waals surface area contributed by atoms with Crippen molar-refractivity contribution in [2.24, 2.45) is 11.5 Å². The number of aliphatic carboxylic acids is 1. The Morgan fingerprint density at radius 1 is 0.780 bits per heavy atom. The number of H-pyrrole nitrogens is 2. The van der Waals surface area contributed by atoms with E-state index in [9.17, 15) is 29.1 Å². The SMILES string of the molecule is NC(=O)CC(N)C(=O)NC(Cc1c[nH]c2ccccc12)C(=O)NCC(=O)NC(Cc1c[nH]c2ccccc12)C(=O)O. The minimum atomic E-state index is -1.27. The van der Waals surface area contributed by atoms with Gasteiger partial charge in [0.05, 0.1) is 19.0 Å². The Morgan fingerprint density at radius 2 is 1.32 bits per heavy atom. The van der Waals surface area contributed by atoms with E-state index in [-0.39, 0.29) is 12.8 Å². The van der Waals surface area contributed by atoms with Crippen molar-refractivity contribution in [2.75, 3.05) is 6.54 Å². The number of aromatic amines is 2. The smallest absolute Gasteiger partial charge is 0.326 e. The summed E-state index contributed by atoms with van der Waals surface area (Å²) in [6, 6.07) is 11.1. The number of hydrogen-bond acceptors (Lipinski definition) is 6. The van der Waals surface area contributed by atoms with E-state index in [1.165, 1.54) is 0 Å². The van der Waals surface area contributed by atoms with Crippen LogP contribution in [0.4, 0.5) is 0 Å². The lowest BCUT2D eigenvalue weighted by molar-refractivity contribution is -0.141. The van der Waals surface area contributed by atoms with E-state index in [4.69, 9.17) is 11.5 Å². The molecule has 4 amide bonds. The molecule has 0 aliphatic heterocycles. The molecule has 2 heterocycles. The van der Waals surface area contributed by atoms with Crippen LogP contribution in [0.1, 0.15) is 17.5 Å². The number of amides is 4. The van der Waals surface area contributed by atoms with Gasteiger partial charge in [-0.1, -0.05) is 36.4 Å². The number of carbonyl (C=O) groups is 5. The minimum absolute atomic E-state index is 0.0238. The fraction of sp³-hybridized carbons (Fsp3) is 0.250. The van der Waals surface area contributed by atoms with Gasteiger partial charge < -0.3 is 42.5 Å². The normalized spacial score (nSPS) is 13.3. The van der Waals surface area contributed by atoms with Crippen molar-refractivity contribution in [1.82, 2.24) is 25.9 Å². The third-order valence-electron chi connectivity index (χ3n) is 6.65. The molecule has 0 bridgehead atoms. The van der Waals surface area contributed by atoms with Gasteiger partial charge in [-0.15, -0.1) is 0 Å². The first-order valence-corrected chi connectivity index (χ1v) is 12.9. The fourth-order valence-electron chi connectivity index (χ4n) is 4.57. The maximum Gasteiger partial charge on any atom is 0.326 e. The summed E-state index contributed by atoms with van der Waals surface area (Å²) < 4.78 is 0. The van der Waals surface area contributed by atoms with Crippen LogP contribution in [0, 0.1) is 0 Å². The van der Waals surface area contributed by atoms with Crippen LogP contribution in [0.3, 0.4) is 0 Å². The Bertz CT molecular complexity index is 1590. The number of primary amides is 1. The molecule has 10 N–H and O–H groups in total. The lowest BCUT2D eigenvalue weighted by Crippen LogP contribution is -2.54. The molecule has 2 aromatic carbocycles.